The molecule has 6 atom stereocenters. The van der Waals surface area contributed by atoms with Gasteiger partial charge in [-0.3, -0.25) is 0 Å². The van der Waals surface area contributed by atoms with Crippen LogP contribution in [0.4, 0.5) is 0 Å². The van der Waals surface area contributed by atoms with E-state index in [2.05, 4.69) is 13.2 Å². The fraction of sp³-hybridized carbons (Fsp3) is 0.579. The SMILES string of the molecule is C=C(C)C(=O)O[C@H]1CC23O[C@@H]2CCC(=C[C@H]2OC(=O)C(=C)[C@H]12)COC3O. The highest BCUT2D eigenvalue weighted by molar-refractivity contribution is 5.91. The zero-order chi connectivity index (χ0) is 18.6. The summed E-state index contributed by atoms with van der Waals surface area (Å²) in [6.07, 6.45) is 0.815. The number of carbonyl (C=O) groups excluding carboxylic acids is 2. The Balaban J connectivity index is 1.76. The Bertz CT molecular complexity index is 723. The minimum atomic E-state index is -1.13. The molecule has 140 valence electrons. The number of ether oxygens (including phenoxy) is 4. The summed E-state index contributed by atoms with van der Waals surface area (Å²) in [4.78, 5) is 24.3. The highest BCUT2D eigenvalue weighted by Crippen LogP contribution is 2.51. The van der Waals surface area contributed by atoms with Gasteiger partial charge < -0.3 is 24.1 Å². The minimum Gasteiger partial charge on any atom is -0.458 e. The molecule has 1 aliphatic carbocycles. The van der Waals surface area contributed by atoms with Gasteiger partial charge in [0.25, 0.3) is 0 Å². The monoisotopic (exact) mass is 362 g/mol. The molecular weight excluding hydrogens is 340 g/mol. The molecule has 3 saturated heterocycles. The van der Waals surface area contributed by atoms with E-state index in [4.69, 9.17) is 18.9 Å². The number of hydrogen-bond donors (Lipinski definition) is 1. The van der Waals surface area contributed by atoms with Crippen LogP contribution in [0.2, 0.25) is 0 Å². The van der Waals surface area contributed by atoms with E-state index in [0.717, 1.165) is 18.4 Å². The van der Waals surface area contributed by atoms with Gasteiger partial charge in [0.1, 0.15) is 17.8 Å². The number of esters is 2. The lowest BCUT2D eigenvalue weighted by atomic mass is 9.81. The van der Waals surface area contributed by atoms with Crippen LogP contribution in [0.3, 0.4) is 0 Å². The highest BCUT2D eigenvalue weighted by atomic mass is 16.7. The van der Waals surface area contributed by atoms with Crippen LogP contribution in [0.15, 0.2) is 36.0 Å². The quantitative estimate of drug-likeness (QED) is 0.341. The topological polar surface area (TPSA) is 94.6 Å². The molecule has 7 heteroatoms. The lowest BCUT2D eigenvalue weighted by molar-refractivity contribution is -0.163. The van der Waals surface area contributed by atoms with Crippen LogP contribution in [-0.2, 0) is 28.5 Å². The fourth-order valence-corrected chi connectivity index (χ4v) is 4.09. The molecule has 0 aromatic rings. The third-order valence-corrected chi connectivity index (χ3v) is 5.61. The maximum atomic E-state index is 12.2. The Morgan fingerprint density at radius 1 is 1.46 bits per heavy atom. The first-order chi connectivity index (χ1) is 12.3. The predicted molar refractivity (Wildman–Crippen MR) is 88.7 cm³/mol. The molecule has 0 aromatic carbocycles. The summed E-state index contributed by atoms with van der Waals surface area (Å²) in [6, 6.07) is 0. The van der Waals surface area contributed by atoms with E-state index in [0.29, 0.717) is 0 Å². The van der Waals surface area contributed by atoms with Gasteiger partial charge in [0.2, 0.25) is 0 Å². The van der Waals surface area contributed by atoms with E-state index in [1.54, 1.807) is 6.92 Å². The Kier molecular flexibility index (Phi) is 4.06. The van der Waals surface area contributed by atoms with Gasteiger partial charge in [-0.1, -0.05) is 13.2 Å². The van der Waals surface area contributed by atoms with E-state index in [1.807, 2.05) is 6.08 Å². The molecule has 5 rings (SSSR count). The summed E-state index contributed by atoms with van der Waals surface area (Å²) in [5.74, 6) is -1.61. The number of hydrogen-bond acceptors (Lipinski definition) is 7. The lowest BCUT2D eigenvalue weighted by Gasteiger charge is -2.33. The number of rotatable bonds is 2. The number of fused-ring (bicyclic) bond motifs is 4. The van der Waals surface area contributed by atoms with E-state index < -0.39 is 42.0 Å². The van der Waals surface area contributed by atoms with Crippen molar-refractivity contribution < 1.29 is 33.6 Å². The van der Waals surface area contributed by atoms with Gasteiger partial charge >= 0.3 is 11.9 Å². The van der Waals surface area contributed by atoms with Gasteiger partial charge in [0.15, 0.2) is 6.29 Å². The summed E-state index contributed by atoms with van der Waals surface area (Å²) < 4.78 is 22.5. The second kappa shape index (κ2) is 6.04. The van der Waals surface area contributed by atoms with Crippen molar-refractivity contribution in [3.8, 4) is 0 Å². The van der Waals surface area contributed by atoms with Crippen molar-refractivity contribution in [1.82, 2.24) is 0 Å². The van der Waals surface area contributed by atoms with Crippen LogP contribution < -0.4 is 0 Å². The largest absolute Gasteiger partial charge is 0.458 e. The minimum absolute atomic E-state index is 0.185. The Morgan fingerprint density at radius 2 is 2.23 bits per heavy atom. The molecule has 4 heterocycles. The first-order valence-electron chi connectivity index (χ1n) is 8.75. The maximum Gasteiger partial charge on any atom is 0.334 e. The first kappa shape index (κ1) is 17.5. The third kappa shape index (κ3) is 2.71. The summed E-state index contributed by atoms with van der Waals surface area (Å²) in [5.41, 5.74) is 0.475. The molecule has 1 spiro atoms. The van der Waals surface area contributed by atoms with Gasteiger partial charge in [0, 0.05) is 17.6 Å². The Hall–Kier alpha value is -1.96. The summed E-state index contributed by atoms with van der Waals surface area (Å²) in [6.45, 7) is 9.24. The van der Waals surface area contributed by atoms with Crippen LogP contribution in [0, 0.1) is 5.92 Å². The second-order valence-corrected chi connectivity index (χ2v) is 7.44. The fourth-order valence-electron chi connectivity index (χ4n) is 4.09. The smallest absolute Gasteiger partial charge is 0.334 e. The molecular formula is C19H22O7. The Labute approximate surface area is 151 Å². The number of epoxide rings is 1. The van der Waals surface area contributed by atoms with Gasteiger partial charge in [-0.25, -0.2) is 9.59 Å². The molecule has 3 fully saturated rings. The summed E-state index contributed by atoms with van der Waals surface area (Å²) in [7, 11) is 0. The van der Waals surface area contributed by atoms with Crippen molar-refractivity contribution >= 4 is 11.9 Å². The third-order valence-electron chi connectivity index (χ3n) is 5.61. The van der Waals surface area contributed by atoms with Crippen LogP contribution in [0.5, 0.6) is 0 Å². The lowest BCUT2D eigenvalue weighted by Crippen LogP contribution is -2.45. The average Bonchev–Trinajstić information content (AvgIpc) is 3.20. The molecule has 4 aliphatic heterocycles. The second-order valence-electron chi connectivity index (χ2n) is 7.44. The van der Waals surface area contributed by atoms with Crippen molar-refractivity contribution in [2.24, 2.45) is 5.92 Å². The molecule has 0 saturated carbocycles. The van der Waals surface area contributed by atoms with E-state index in [1.165, 1.54) is 0 Å². The molecule has 1 N–H and O–H groups in total. The first-order valence-corrected chi connectivity index (χ1v) is 8.75. The van der Waals surface area contributed by atoms with Crippen LogP contribution >= 0.6 is 0 Å². The number of carbonyl (C=O) groups is 2. The molecule has 0 aromatic heterocycles. The molecule has 0 radical (unpaired) electrons. The zero-order valence-corrected chi connectivity index (χ0v) is 14.6. The van der Waals surface area contributed by atoms with Crippen LogP contribution in [-0.4, -0.2) is 53.9 Å². The summed E-state index contributed by atoms with van der Waals surface area (Å²) >= 11 is 0. The average molecular weight is 362 g/mol. The predicted octanol–water partition coefficient (Wildman–Crippen LogP) is 1.17. The van der Waals surface area contributed by atoms with Gasteiger partial charge in [0.05, 0.1) is 18.6 Å². The van der Waals surface area contributed by atoms with Crippen molar-refractivity contribution in [2.45, 2.75) is 56.4 Å². The van der Waals surface area contributed by atoms with Crippen molar-refractivity contribution in [3.63, 3.8) is 0 Å². The molecule has 0 amide bonds. The maximum absolute atomic E-state index is 12.2. The number of aliphatic hydroxyl groups is 1. The Morgan fingerprint density at radius 3 is 2.96 bits per heavy atom. The molecule has 5 aliphatic rings. The van der Waals surface area contributed by atoms with Crippen LogP contribution in [0.25, 0.3) is 0 Å². The van der Waals surface area contributed by atoms with Crippen LogP contribution in [0.1, 0.15) is 26.2 Å². The standard InChI is InChI=1S/C19H22O7/c1-9(2)16(20)25-13-7-19-14(26-19)5-4-11(8-23-18(19)22)6-12-15(13)10(3)17(21)24-12/h6,12-15,18,22H,1,3-5,7-8H2,2H3/t12-,13+,14-,15+,18?,19?/m1/s1. The normalized spacial score (nSPS) is 41.3. The van der Waals surface area contributed by atoms with Gasteiger partial charge in [-0.15, -0.1) is 0 Å². The van der Waals surface area contributed by atoms with E-state index in [9.17, 15) is 14.7 Å². The zero-order valence-electron chi connectivity index (χ0n) is 14.6. The molecule has 2 bridgehead atoms. The van der Waals surface area contributed by atoms with Gasteiger partial charge in [-0.2, -0.15) is 0 Å². The molecule has 26 heavy (non-hydrogen) atoms. The number of aliphatic hydroxyl groups excluding tert-OH is 1. The van der Waals surface area contributed by atoms with Gasteiger partial charge in [-0.05, 0) is 31.4 Å². The van der Waals surface area contributed by atoms with Crippen molar-refractivity contribution in [1.29, 1.82) is 0 Å². The molecule has 7 nitrogen and oxygen atoms in total. The molecule has 2 unspecified atom stereocenters. The van der Waals surface area contributed by atoms with Crippen molar-refractivity contribution in [2.75, 3.05) is 6.61 Å². The van der Waals surface area contributed by atoms with E-state index in [-0.39, 0.29) is 30.3 Å². The highest BCUT2D eigenvalue weighted by Gasteiger charge is 2.65. The summed E-state index contributed by atoms with van der Waals surface area (Å²) in [5, 5.41) is 10.5. The van der Waals surface area contributed by atoms with E-state index >= 15 is 0 Å². The van der Waals surface area contributed by atoms with Crippen molar-refractivity contribution in [3.05, 3.63) is 36.0 Å².